The molecule has 69 heavy (non-hydrogen) atoms. The number of hydrogen-bond donors (Lipinski definition) is 0. The predicted octanol–water partition coefficient (Wildman–Crippen LogP) is 17.4. The zero-order valence-corrected chi connectivity index (χ0v) is 40.1. The highest BCUT2D eigenvalue weighted by atomic mass is 28.3. The van der Waals surface area contributed by atoms with Gasteiger partial charge in [-0.3, -0.25) is 0 Å². The first-order valence-electron chi connectivity index (χ1n) is 24.1. The molecule has 5 heteroatoms. The normalized spacial score (nSPS) is 12.3. The molecule has 0 bridgehead atoms. The van der Waals surface area contributed by atoms with Gasteiger partial charge in [-0.05, 0) is 91.3 Å². The molecule has 4 nitrogen and oxygen atoms in total. The van der Waals surface area contributed by atoms with Crippen LogP contribution in [-0.2, 0) is 0 Å². The fourth-order valence-corrected chi connectivity index (χ4v) is 12.9. The van der Waals surface area contributed by atoms with E-state index in [9.17, 15) is 0 Å². The van der Waals surface area contributed by atoms with Crippen molar-refractivity contribution >= 4 is 124 Å². The van der Waals surface area contributed by atoms with E-state index in [4.69, 9.17) is 0 Å². The summed E-state index contributed by atoms with van der Waals surface area (Å²) < 4.78 is 5.17. The second-order valence-electron chi connectivity index (χ2n) is 19.8. The van der Waals surface area contributed by atoms with Crippen LogP contribution in [0.5, 0.6) is 0 Å². The Morgan fingerprint density at radius 2 is 0.797 bits per heavy atom. The van der Waals surface area contributed by atoms with Gasteiger partial charge >= 0.3 is 0 Å². The molecule has 0 aliphatic heterocycles. The van der Waals surface area contributed by atoms with Gasteiger partial charge in [-0.1, -0.05) is 170 Å². The summed E-state index contributed by atoms with van der Waals surface area (Å²) in [6.07, 6.45) is 0. The summed E-state index contributed by atoms with van der Waals surface area (Å²) in [5, 5.41) is 11.5. The van der Waals surface area contributed by atoms with Crippen molar-refractivity contribution in [2.75, 3.05) is 9.80 Å². The van der Waals surface area contributed by atoms with Crippen LogP contribution in [0.2, 0.25) is 19.6 Å². The summed E-state index contributed by atoms with van der Waals surface area (Å²) >= 11 is 0. The molecule has 0 spiro atoms. The van der Waals surface area contributed by atoms with Crippen LogP contribution in [0.4, 0.5) is 34.1 Å². The number of benzene rings is 10. The quantitative estimate of drug-likeness (QED) is 0.141. The van der Waals surface area contributed by atoms with E-state index >= 15 is 0 Å². The fraction of sp³-hybridized carbons (Fsp3) is 0.0625. The SMILES string of the molecule is Cc1ccc(N(c2ccccc2)c2cccc3c2c2cccc4c5cc6c(c(-c7ccccc7)c5n3c42)c2cccc3c4c(N(c5ccccc5)c5ccc([Si](C)(C)C)cc5)cccc4n6c32)cc1. The molecular formula is C64H48N4Si. The summed E-state index contributed by atoms with van der Waals surface area (Å²) in [6.45, 7) is 9.41. The molecule has 0 radical (unpaired) electrons. The second-order valence-corrected chi connectivity index (χ2v) is 24.9. The minimum Gasteiger partial charge on any atom is -0.310 e. The maximum atomic E-state index is 2.59. The number of aromatic nitrogens is 2. The first kappa shape index (κ1) is 39.8. The Labute approximate surface area is 401 Å². The number of hydrogen-bond acceptors (Lipinski definition) is 2. The minimum atomic E-state index is -1.50. The van der Waals surface area contributed by atoms with Gasteiger partial charge in [0.15, 0.2) is 0 Å². The lowest BCUT2D eigenvalue weighted by molar-refractivity contribution is 1.29. The van der Waals surface area contributed by atoms with E-state index in [1.54, 1.807) is 0 Å². The molecular weight excluding hydrogens is 853 g/mol. The Kier molecular flexibility index (Phi) is 8.53. The van der Waals surface area contributed by atoms with Gasteiger partial charge in [0.1, 0.15) is 0 Å². The van der Waals surface area contributed by atoms with Gasteiger partial charge in [-0.15, -0.1) is 0 Å². The monoisotopic (exact) mass is 900 g/mol. The van der Waals surface area contributed by atoms with Crippen molar-refractivity contribution in [3.8, 4) is 11.1 Å². The van der Waals surface area contributed by atoms with E-state index in [2.05, 4.69) is 264 Å². The van der Waals surface area contributed by atoms with Crippen LogP contribution in [-0.4, -0.2) is 16.9 Å². The number of aryl methyl sites for hydroxylation is 1. The lowest BCUT2D eigenvalue weighted by Gasteiger charge is -2.27. The van der Waals surface area contributed by atoms with E-state index in [0.717, 1.165) is 28.4 Å². The fourth-order valence-electron chi connectivity index (χ4n) is 11.7. The van der Waals surface area contributed by atoms with Crippen LogP contribution in [0, 0.1) is 6.92 Å². The first-order chi connectivity index (χ1) is 33.8. The summed E-state index contributed by atoms with van der Waals surface area (Å²) in [5.74, 6) is 0. The largest absolute Gasteiger partial charge is 0.310 e. The molecule has 0 saturated carbocycles. The molecule has 14 rings (SSSR count). The van der Waals surface area contributed by atoms with Gasteiger partial charge in [-0.2, -0.15) is 0 Å². The Morgan fingerprint density at radius 3 is 1.35 bits per heavy atom. The molecule has 328 valence electrons. The van der Waals surface area contributed by atoms with Crippen LogP contribution in [0.1, 0.15) is 5.56 Å². The third-order valence-corrected chi connectivity index (χ3v) is 16.8. The molecule has 4 aromatic heterocycles. The maximum absolute atomic E-state index is 2.59. The van der Waals surface area contributed by atoms with Crippen molar-refractivity contribution < 1.29 is 0 Å². The van der Waals surface area contributed by atoms with Crippen molar-refractivity contribution in [2.24, 2.45) is 0 Å². The number of fused-ring (bicyclic) bond motifs is 12. The number of rotatable bonds is 8. The molecule has 4 heterocycles. The number of para-hydroxylation sites is 4. The molecule has 14 aromatic rings. The molecule has 0 unspecified atom stereocenters. The number of anilines is 6. The molecule has 0 aliphatic rings. The highest BCUT2D eigenvalue weighted by Crippen LogP contribution is 2.53. The summed E-state index contributed by atoms with van der Waals surface area (Å²) in [4.78, 5) is 4.88. The topological polar surface area (TPSA) is 15.3 Å². The molecule has 0 aliphatic carbocycles. The lowest BCUT2D eigenvalue weighted by atomic mass is 9.95. The van der Waals surface area contributed by atoms with E-state index in [1.165, 1.54) is 104 Å². The van der Waals surface area contributed by atoms with Gasteiger partial charge in [0, 0.05) is 71.4 Å². The first-order valence-corrected chi connectivity index (χ1v) is 27.6. The van der Waals surface area contributed by atoms with Gasteiger partial charge in [0.25, 0.3) is 0 Å². The molecule has 0 saturated heterocycles. The van der Waals surface area contributed by atoms with E-state index in [0.29, 0.717) is 0 Å². The molecule has 10 aromatic carbocycles. The van der Waals surface area contributed by atoms with Crippen LogP contribution in [0.15, 0.2) is 218 Å². The average molecular weight is 901 g/mol. The van der Waals surface area contributed by atoms with Crippen molar-refractivity contribution in [1.82, 2.24) is 8.80 Å². The number of nitrogens with zero attached hydrogens (tertiary/aromatic N) is 4. The van der Waals surface area contributed by atoms with Crippen molar-refractivity contribution in [1.29, 1.82) is 0 Å². The van der Waals surface area contributed by atoms with Crippen molar-refractivity contribution in [3.63, 3.8) is 0 Å². The van der Waals surface area contributed by atoms with E-state index in [1.807, 2.05) is 0 Å². The van der Waals surface area contributed by atoms with E-state index < -0.39 is 8.07 Å². The van der Waals surface area contributed by atoms with E-state index in [-0.39, 0.29) is 0 Å². The molecule has 0 amide bonds. The maximum Gasteiger partial charge on any atom is 0.0775 e. The molecule has 0 atom stereocenters. The standard InChI is InChI=1S/C64H48N4Si/c1-41-32-34-45(35-33-41)65(43-20-10-6-11-21-43)54-29-17-31-56-60(54)49-25-14-24-48-52-40-57-61(58(42-18-8-5-9-19-42)64(52)68(56)62(48)49)51-27-15-26-50-59-53(28-16-30-55(59)67(57)63(50)51)66(44-22-12-7-13-23-44)46-36-38-47(39-37-46)69(2,3)4/h5-40H,1-4H3. The Bertz CT molecular complexity index is 4260. The zero-order valence-electron chi connectivity index (χ0n) is 39.1. The molecule has 0 fully saturated rings. The van der Waals surface area contributed by atoms with Crippen molar-refractivity contribution in [3.05, 3.63) is 224 Å². The zero-order chi connectivity index (χ0) is 46.1. The van der Waals surface area contributed by atoms with Crippen LogP contribution >= 0.6 is 0 Å². The Balaban J connectivity index is 1.10. The summed E-state index contributed by atoms with van der Waals surface area (Å²) in [7, 11) is -1.50. The van der Waals surface area contributed by atoms with Crippen molar-refractivity contribution in [2.45, 2.75) is 26.6 Å². The van der Waals surface area contributed by atoms with Gasteiger partial charge in [0.2, 0.25) is 0 Å². The van der Waals surface area contributed by atoms with Gasteiger partial charge in [-0.25, -0.2) is 0 Å². The van der Waals surface area contributed by atoms with Crippen LogP contribution < -0.4 is 15.0 Å². The predicted molar refractivity (Wildman–Crippen MR) is 298 cm³/mol. The molecule has 0 N–H and O–H groups in total. The summed E-state index contributed by atoms with van der Waals surface area (Å²) in [5.41, 5.74) is 18.0. The Hall–Kier alpha value is -8.38. The summed E-state index contributed by atoms with van der Waals surface area (Å²) in [6, 6.07) is 81.2. The lowest BCUT2D eigenvalue weighted by Crippen LogP contribution is -2.37. The van der Waals surface area contributed by atoms with Crippen LogP contribution in [0.25, 0.3) is 87.3 Å². The Morgan fingerprint density at radius 1 is 0.348 bits per heavy atom. The highest BCUT2D eigenvalue weighted by Gasteiger charge is 2.29. The van der Waals surface area contributed by atoms with Gasteiger partial charge < -0.3 is 18.6 Å². The smallest absolute Gasteiger partial charge is 0.0775 e. The minimum absolute atomic E-state index is 1.13. The third kappa shape index (κ3) is 5.74. The van der Waals surface area contributed by atoms with Gasteiger partial charge in [0.05, 0.1) is 52.5 Å². The van der Waals surface area contributed by atoms with Crippen LogP contribution in [0.3, 0.4) is 0 Å². The average Bonchev–Trinajstić information content (AvgIpc) is 4.12. The second kappa shape index (κ2) is 14.8. The highest BCUT2D eigenvalue weighted by molar-refractivity contribution is 6.88. The third-order valence-electron chi connectivity index (χ3n) is 14.7.